The number of nitrogens with one attached hydrogen (secondary N) is 1. The smallest absolute Gasteiger partial charge is 0.401 e. The van der Waals surface area contributed by atoms with E-state index in [2.05, 4.69) is 27.2 Å². The van der Waals surface area contributed by atoms with Crippen LogP contribution in [0.1, 0.15) is 25.0 Å². The van der Waals surface area contributed by atoms with Crippen LogP contribution in [0.5, 0.6) is 11.8 Å². The second-order valence-electron chi connectivity index (χ2n) is 9.54. The van der Waals surface area contributed by atoms with Crippen LogP contribution < -0.4 is 15.0 Å². The highest BCUT2D eigenvalue weighted by atomic mass is 35.5. The zero-order valence-corrected chi connectivity index (χ0v) is 21.9. The molecular formula is C27H28ClF3N6O. The predicted molar refractivity (Wildman–Crippen MR) is 144 cm³/mol. The molecule has 3 aliphatic rings. The summed E-state index contributed by atoms with van der Waals surface area (Å²) in [6.07, 6.45) is 4.55. The first kappa shape index (κ1) is 26.2. The molecule has 2 aliphatic heterocycles. The van der Waals surface area contributed by atoms with Crippen LogP contribution in [-0.2, 0) is 6.42 Å². The number of rotatable bonds is 6. The van der Waals surface area contributed by atoms with E-state index in [0.717, 1.165) is 23.1 Å². The highest BCUT2D eigenvalue weighted by Crippen LogP contribution is 2.39. The first-order valence-electron chi connectivity index (χ1n) is 12.4. The molecule has 11 heteroatoms. The lowest BCUT2D eigenvalue weighted by atomic mass is 10.1. The van der Waals surface area contributed by atoms with Gasteiger partial charge in [0.05, 0.1) is 18.1 Å². The molecule has 38 heavy (non-hydrogen) atoms. The molecule has 2 aromatic rings. The van der Waals surface area contributed by atoms with Crippen LogP contribution in [0.3, 0.4) is 0 Å². The third-order valence-corrected chi connectivity index (χ3v) is 6.87. The average molecular weight is 545 g/mol. The number of ether oxygens (including phenoxy) is 1. The van der Waals surface area contributed by atoms with Gasteiger partial charge in [-0.3, -0.25) is 9.89 Å². The summed E-state index contributed by atoms with van der Waals surface area (Å²) in [6, 6.07) is 5.62. The minimum Gasteiger partial charge on any atom is -0.423 e. The molecule has 0 spiro atoms. The molecule has 1 aromatic carbocycles. The third-order valence-electron chi connectivity index (χ3n) is 6.48. The molecule has 0 unspecified atom stereocenters. The van der Waals surface area contributed by atoms with Crippen molar-refractivity contribution in [2.24, 2.45) is 4.99 Å². The van der Waals surface area contributed by atoms with E-state index < -0.39 is 12.7 Å². The topological polar surface area (TPSA) is 65.9 Å². The van der Waals surface area contributed by atoms with Crippen molar-refractivity contribution in [3.63, 3.8) is 0 Å². The normalized spacial score (nSPS) is 17.9. The van der Waals surface area contributed by atoms with E-state index in [4.69, 9.17) is 16.3 Å². The number of benzene rings is 1. The monoisotopic (exact) mass is 544 g/mol. The van der Waals surface area contributed by atoms with Gasteiger partial charge in [0.2, 0.25) is 0 Å². The SMILES string of the molecule is C/C=C/C1=CC(Nc2cc(N3CCN(CC(F)(F)F)CC3)nc(Oc3ccc4c(c3Cl)C=C(C)C4)n2)=NC1. The van der Waals surface area contributed by atoms with Crippen molar-refractivity contribution in [2.75, 3.05) is 49.5 Å². The van der Waals surface area contributed by atoms with Gasteiger partial charge in [0.15, 0.2) is 0 Å². The van der Waals surface area contributed by atoms with Crippen LogP contribution >= 0.6 is 11.6 Å². The number of anilines is 2. The van der Waals surface area contributed by atoms with Crippen LogP contribution in [0.2, 0.25) is 5.02 Å². The van der Waals surface area contributed by atoms with Gasteiger partial charge in [-0.1, -0.05) is 41.5 Å². The minimum atomic E-state index is -4.22. The Balaban J connectivity index is 1.40. The lowest BCUT2D eigenvalue weighted by Crippen LogP contribution is -2.49. The fourth-order valence-corrected chi connectivity index (χ4v) is 5.01. The van der Waals surface area contributed by atoms with Gasteiger partial charge in [0.1, 0.15) is 23.2 Å². The maximum Gasteiger partial charge on any atom is 0.401 e. The number of piperazine rings is 1. The van der Waals surface area contributed by atoms with E-state index in [1.165, 1.54) is 10.5 Å². The van der Waals surface area contributed by atoms with Crippen molar-refractivity contribution in [3.8, 4) is 11.8 Å². The number of allylic oxidation sites excluding steroid dienone is 2. The van der Waals surface area contributed by atoms with E-state index in [-0.39, 0.29) is 19.1 Å². The van der Waals surface area contributed by atoms with E-state index >= 15 is 0 Å². The van der Waals surface area contributed by atoms with Crippen molar-refractivity contribution in [2.45, 2.75) is 26.4 Å². The first-order valence-corrected chi connectivity index (χ1v) is 12.8. The lowest BCUT2D eigenvalue weighted by Gasteiger charge is -2.35. The predicted octanol–water partition coefficient (Wildman–Crippen LogP) is 5.89. The summed E-state index contributed by atoms with van der Waals surface area (Å²) >= 11 is 6.67. The van der Waals surface area contributed by atoms with Gasteiger partial charge in [-0.25, -0.2) is 0 Å². The molecule has 7 nitrogen and oxygen atoms in total. The summed E-state index contributed by atoms with van der Waals surface area (Å²) in [5.74, 6) is 2.10. The Kier molecular flexibility index (Phi) is 7.45. The van der Waals surface area contributed by atoms with Gasteiger partial charge in [-0.2, -0.15) is 23.1 Å². The van der Waals surface area contributed by atoms with E-state index in [9.17, 15) is 13.2 Å². The van der Waals surface area contributed by atoms with Crippen molar-refractivity contribution in [1.82, 2.24) is 14.9 Å². The summed E-state index contributed by atoms with van der Waals surface area (Å²) in [6.45, 7) is 4.97. The molecule has 0 atom stereocenters. The maximum absolute atomic E-state index is 12.8. The number of hydrogen-bond acceptors (Lipinski definition) is 7. The first-order chi connectivity index (χ1) is 18.2. The van der Waals surface area contributed by atoms with Crippen molar-refractivity contribution >= 4 is 35.1 Å². The quantitative estimate of drug-likeness (QED) is 0.489. The number of alkyl halides is 3. The van der Waals surface area contributed by atoms with Crippen molar-refractivity contribution < 1.29 is 17.9 Å². The number of halogens is 4. The second-order valence-corrected chi connectivity index (χ2v) is 9.92. The number of aromatic nitrogens is 2. The van der Waals surface area contributed by atoms with Crippen LogP contribution in [0.15, 0.2) is 52.6 Å². The molecule has 200 valence electrons. The number of fused-ring (bicyclic) bond motifs is 1. The zero-order chi connectivity index (χ0) is 26.9. The molecule has 1 aromatic heterocycles. The van der Waals surface area contributed by atoms with Gasteiger partial charge in [-0.05, 0) is 43.5 Å². The van der Waals surface area contributed by atoms with Gasteiger partial charge in [0, 0.05) is 37.8 Å². The average Bonchev–Trinajstić information content (AvgIpc) is 3.46. The van der Waals surface area contributed by atoms with Gasteiger partial charge < -0.3 is 15.0 Å². The van der Waals surface area contributed by atoms with Crippen LogP contribution in [0.25, 0.3) is 6.08 Å². The molecule has 1 fully saturated rings. The van der Waals surface area contributed by atoms with E-state index in [1.54, 1.807) is 12.1 Å². The standard InChI is InChI=1S/C27H28ClF3N6O/c1-3-4-18-13-22(32-15-18)33-23-14-24(37-9-7-36(8-10-37)16-27(29,30)31)35-26(34-23)38-21-6-5-19-11-17(2)12-20(19)25(21)28/h3-6,12-14H,7-11,15-16H2,1-2H3,(H,32,33,34,35)/b4-3+. The number of nitrogens with zero attached hydrogens (tertiary/aromatic N) is 5. The fourth-order valence-electron chi connectivity index (χ4n) is 4.74. The largest absolute Gasteiger partial charge is 0.423 e. The van der Waals surface area contributed by atoms with Crippen LogP contribution in [0, 0.1) is 0 Å². The zero-order valence-electron chi connectivity index (χ0n) is 21.1. The molecule has 1 N–H and O–H groups in total. The Morgan fingerprint density at radius 1 is 1.13 bits per heavy atom. The molecule has 0 bridgehead atoms. The maximum atomic E-state index is 12.8. The number of aliphatic imine (C=N–C) groups is 1. The molecule has 3 heterocycles. The molecule has 0 amide bonds. The van der Waals surface area contributed by atoms with Crippen molar-refractivity contribution in [1.29, 1.82) is 0 Å². The molecule has 1 aliphatic carbocycles. The van der Waals surface area contributed by atoms with E-state index in [0.29, 0.717) is 47.9 Å². The summed E-state index contributed by atoms with van der Waals surface area (Å²) in [7, 11) is 0. The van der Waals surface area contributed by atoms with Gasteiger partial charge in [-0.15, -0.1) is 0 Å². The lowest BCUT2D eigenvalue weighted by molar-refractivity contribution is -0.146. The number of hydrogen-bond donors (Lipinski definition) is 1. The second kappa shape index (κ2) is 10.8. The van der Waals surface area contributed by atoms with E-state index in [1.807, 2.05) is 42.2 Å². The fraction of sp³-hybridized carbons (Fsp3) is 0.370. The Bertz CT molecular complexity index is 1340. The summed E-state index contributed by atoms with van der Waals surface area (Å²) < 4.78 is 44.6. The highest BCUT2D eigenvalue weighted by Gasteiger charge is 2.32. The Labute approximate surface area is 224 Å². The Morgan fingerprint density at radius 3 is 2.66 bits per heavy atom. The highest BCUT2D eigenvalue weighted by molar-refractivity contribution is 6.33. The van der Waals surface area contributed by atoms with Gasteiger partial charge in [0.25, 0.3) is 0 Å². The van der Waals surface area contributed by atoms with Crippen molar-refractivity contribution in [3.05, 3.63) is 63.7 Å². The molecule has 1 saturated heterocycles. The molecular weight excluding hydrogens is 517 g/mol. The summed E-state index contributed by atoms with van der Waals surface area (Å²) in [5, 5.41) is 3.71. The molecule has 5 rings (SSSR count). The van der Waals surface area contributed by atoms with Crippen LogP contribution in [0.4, 0.5) is 24.8 Å². The summed E-state index contributed by atoms with van der Waals surface area (Å²) in [5.41, 5.74) is 4.35. The Hall–Kier alpha value is -3.37. The number of amidine groups is 1. The summed E-state index contributed by atoms with van der Waals surface area (Å²) in [4.78, 5) is 17.0. The molecule has 0 radical (unpaired) electrons. The Morgan fingerprint density at radius 2 is 1.92 bits per heavy atom. The van der Waals surface area contributed by atoms with Gasteiger partial charge >= 0.3 is 12.2 Å². The molecule has 0 saturated carbocycles. The minimum absolute atomic E-state index is 0.0829. The van der Waals surface area contributed by atoms with Crippen LogP contribution in [-0.4, -0.2) is 66.1 Å². The third kappa shape index (κ3) is 6.19.